The summed E-state index contributed by atoms with van der Waals surface area (Å²) in [4.78, 5) is 4.22. The fourth-order valence-corrected chi connectivity index (χ4v) is 2.62. The van der Waals surface area contributed by atoms with Crippen molar-refractivity contribution in [1.29, 1.82) is 0 Å². The van der Waals surface area contributed by atoms with Gasteiger partial charge in [-0.05, 0) is 17.5 Å². The van der Waals surface area contributed by atoms with Gasteiger partial charge in [-0.1, -0.05) is 32.0 Å². The number of nitrogens with zero attached hydrogens (tertiary/aromatic N) is 2. The van der Waals surface area contributed by atoms with Gasteiger partial charge in [0.1, 0.15) is 0 Å². The van der Waals surface area contributed by atoms with Crippen LogP contribution in [-0.4, -0.2) is 9.55 Å². The lowest BCUT2D eigenvalue weighted by molar-refractivity contribution is 0.861. The molecule has 2 aromatic heterocycles. The van der Waals surface area contributed by atoms with Crippen LogP contribution < -0.4 is 0 Å². The molecule has 86 valence electrons. The molecule has 3 rings (SSSR count). The number of para-hydroxylation sites is 1. The van der Waals surface area contributed by atoms with Crippen molar-refractivity contribution in [2.75, 3.05) is 0 Å². The predicted octanol–water partition coefficient (Wildman–Crippen LogP) is 3.85. The third kappa shape index (κ3) is 1.37. The fraction of sp³-hybridized carbons (Fsp3) is 0.267. The van der Waals surface area contributed by atoms with Crippen LogP contribution in [0.2, 0.25) is 0 Å². The van der Waals surface area contributed by atoms with Crippen LogP contribution >= 0.6 is 0 Å². The molecule has 0 atom stereocenters. The Morgan fingerprint density at radius 1 is 1.12 bits per heavy atom. The molecule has 0 aliphatic carbocycles. The average Bonchev–Trinajstić information content (AvgIpc) is 2.64. The molecule has 0 spiro atoms. The maximum atomic E-state index is 4.22. The van der Waals surface area contributed by atoms with E-state index in [4.69, 9.17) is 0 Å². The summed E-state index contributed by atoms with van der Waals surface area (Å²) in [5.74, 6) is 0.537. The van der Waals surface area contributed by atoms with Crippen LogP contribution in [-0.2, 0) is 7.05 Å². The topological polar surface area (TPSA) is 17.8 Å². The normalized spacial score (nSPS) is 11.8. The van der Waals surface area contributed by atoms with Crippen LogP contribution in [0.4, 0.5) is 0 Å². The standard InChI is InChI=1S/C15H16N2/c1-10(2)11-5-4-6-13-12-7-8-16-9-14(12)17(3)15(11)13/h4-10H,1-3H3. The second-order valence-electron chi connectivity index (χ2n) is 4.85. The lowest BCUT2D eigenvalue weighted by Gasteiger charge is -2.09. The fourth-order valence-electron chi connectivity index (χ4n) is 2.62. The second-order valence-corrected chi connectivity index (χ2v) is 4.85. The zero-order chi connectivity index (χ0) is 12.0. The SMILES string of the molecule is CC(C)c1cccc2c3ccncc3n(C)c12. The van der Waals surface area contributed by atoms with E-state index in [1.165, 1.54) is 27.4 Å². The summed E-state index contributed by atoms with van der Waals surface area (Å²) in [6.45, 7) is 4.48. The minimum Gasteiger partial charge on any atom is -0.342 e. The van der Waals surface area contributed by atoms with Gasteiger partial charge >= 0.3 is 0 Å². The van der Waals surface area contributed by atoms with Crippen LogP contribution in [0.15, 0.2) is 36.7 Å². The van der Waals surface area contributed by atoms with E-state index < -0.39 is 0 Å². The molecule has 0 saturated heterocycles. The zero-order valence-corrected chi connectivity index (χ0v) is 10.4. The number of hydrogen-bond donors (Lipinski definition) is 0. The molecule has 0 unspecified atom stereocenters. The minimum atomic E-state index is 0.537. The number of rotatable bonds is 1. The predicted molar refractivity (Wildman–Crippen MR) is 72.3 cm³/mol. The molecule has 0 saturated carbocycles. The summed E-state index contributed by atoms with van der Waals surface area (Å²) in [6, 6.07) is 8.67. The number of benzene rings is 1. The largest absolute Gasteiger partial charge is 0.342 e. The van der Waals surface area contributed by atoms with Crippen molar-refractivity contribution in [1.82, 2.24) is 9.55 Å². The molecule has 3 aromatic rings. The monoisotopic (exact) mass is 224 g/mol. The van der Waals surface area contributed by atoms with Gasteiger partial charge in [-0.2, -0.15) is 0 Å². The second kappa shape index (κ2) is 3.59. The highest BCUT2D eigenvalue weighted by Gasteiger charge is 2.12. The number of aryl methyl sites for hydroxylation is 1. The van der Waals surface area contributed by atoms with Gasteiger partial charge < -0.3 is 4.57 Å². The Morgan fingerprint density at radius 3 is 2.71 bits per heavy atom. The molecule has 2 nitrogen and oxygen atoms in total. The van der Waals surface area contributed by atoms with Crippen LogP contribution in [0.25, 0.3) is 21.8 Å². The summed E-state index contributed by atoms with van der Waals surface area (Å²) in [5.41, 5.74) is 3.95. The zero-order valence-electron chi connectivity index (χ0n) is 10.4. The highest BCUT2D eigenvalue weighted by atomic mass is 14.9. The number of hydrogen-bond acceptors (Lipinski definition) is 1. The molecule has 0 N–H and O–H groups in total. The van der Waals surface area contributed by atoms with Gasteiger partial charge in [0.25, 0.3) is 0 Å². The summed E-state index contributed by atoms with van der Waals surface area (Å²) in [5, 5.41) is 2.62. The Balaban J connectivity index is 2.57. The molecule has 0 bridgehead atoms. The molecular weight excluding hydrogens is 208 g/mol. The van der Waals surface area contributed by atoms with Gasteiger partial charge in [0, 0.05) is 24.0 Å². The lowest BCUT2D eigenvalue weighted by atomic mass is 10.00. The molecule has 0 aliphatic rings. The van der Waals surface area contributed by atoms with Gasteiger partial charge in [-0.25, -0.2) is 0 Å². The first-order valence-corrected chi connectivity index (χ1v) is 6.01. The summed E-state index contributed by atoms with van der Waals surface area (Å²) in [7, 11) is 2.12. The van der Waals surface area contributed by atoms with Crippen molar-refractivity contribution in [3.8, 4) is 0 Å². The van der Waals surface area contributed by atoms with Gasteiger partial charge in [0.15, 0.2) is 0 Å². The minimum absolute atomic E-state index is 0.537. The Labute approximate surface area is 101 Å². The smallest absolute Gasteiger partial charge is 0.0675 e. The van der Waals surface area contributed by atoms with Crippen LogP contribution in [0.3, 0.4) is 0 Å². The highest BCUT2D eigenvalue weighted by Crippen LogP contribution is 2.32. The number of fused-ring (bicyclic) bond motifs is 3. The van der Waals surface area contributed by atoms with E-state index >= 15 is 0 Å². The maximum Gasteiger partial charge on any atom is 0.0675 e. The molecule has 2 heterocycles. The summed E-state index contributed by atoms with van der Waals surface area (Å²) < 4.78 is 2.26. The maximum absolute atomic E-state index is 4.22. The molecule has 0 radical (unpaired) electrons. The molecule has 1 aromatic carbocycles. The van der Waals surface area contributed by atoms with Crippen LogP contribution in [0, 0.1) is 0 Å². The van der Waals surface area contributed by atoms with E-state index in [2.05, 4.69) is 54.7 Å². The molecule has 0 amide bonds. The first-order chi connectivity index (χ1) is 8.20. The van der Waals surface area contributed by atoms with Crippen molar-refractivity contribution < 1.29 is 0 Å². The van der Waals surface area contributed by atoms with Crippen molar-refractivity contribution in [2.45, 2.75) is 19.8 Å². The molecular formula is C15H16N2. The summed E-state index contributed by atoms with van der Waals surface area (Å²) in [6.07, 6.45) is 3.81. The Hall–Kier alpha value is -1.83. The van der Waals surface area contributed by atoms with Gasteiger partial charge in [-0.3, -0.25) is 4.98 Å². The van der Waals surface area contributed by atoms with Crippen molar-refractivity contribution in [3.63, 3.8) is 0 Å². The molecule has 2 heteroatoms. The first-order valence-electron chi connectivity index (χ1n) is 6.01. The first kappa shape index (κ1) is 10.3. The van der Waals surface area contributed by atoms with Gasteiger partial charge in [-0.15, -0.1) is 0 Å². The lowest BCUT2D eigenvalue weighted by Crippen LogP contribution is -1.94. The van der Waals surface area contributed by atoms with E-state index in [0.717, 1.165) is 0 Å². The third-order valence-corrected chi connectivity index (χ3v) is 3.48. The van der Waals surface area contributed by atoms with Crippen molar-refractivity contribution in [2.24, 2.45) is 7.05 Å². The van der Waals surface area contributed by atoms with E-state index in [1.807, 2.05) is 12.4 Å². The van der Waals surface area contributed by atoms with E-state index in [0.29, 0.717) is 5.92 Å². The van der Waals surface area contributed by atoms with Crippen LogP contribution in [0.5, 0.6) is 0 Å². The van der Waals surface area contributed by atoms with Crippen LogP contribution in [0.1, 0.15) is 25.3 Å². The molecule has 0 aliphatic heterocycles. The molecule has 17 heavy (non-hydrogen) atoms. The Kier molecular flexibility index (Phi) is 2.18. The quantitative estimate of drug-likeness (QED) is 0.614. The van der Waals surface area contributed by atoms with E-state index in [1.54, 1.807) is 0 Å². The van der Waals surface area contributed by atoms with E-state index in [9.17, 15) is 0 Å². The van der Waals surface area contributed by atoms with Crippen molar-refractivity contribution in [3.05, 3.63) is 42.2 Å². The molecule has 0 fully saturated rings. The Bertz CT molecular complexity index is 693. The highest BCUT2D eigenvalue weighted by molar-refractivity contribution is 6.08. The number of aromatic nitrogens is 2. The summed E-state index contributed by atoms with van der Waals surface area (Å²) >= 11 is 0. The third-order valence-electron chi connectivity index (χ3n) is 3.48. The van der Waals surface area contributed by atoms with Crippen molar-refractivity contribution >= 4 is 21.8 Å². The Morgan fingerprint density at radius 2 is 1.94 bits per heavy atom. The van der Waals surface area contributed by atoms with Gasteiger partial charge in [0.05, 0.1) is 17.2 Å². The number of pyridine rings is 1. The average molecular weight is 224 g/mol. The van der Waals surface area contributed by atoms with Gasteiger partial charge in [0.2, 0.25) is 0 Å². The van der Waals surface area contributed by atoms with E-state index in [-0.39, 0.29) is 0 Å².